The average molecular weight is 315 g/mol. The van der Waals surface area contributed by atoms with E-state index in [0.29, 0.717) is 12.3 Å². The SMILES string of the molecule is CC(N)CCNC(=O)COc1ccc(C(C)(C)C)cc1.Cl. The second-order valence-corrected chi connectivity index (χ2v) is 6.18. The fourth-order valence-electron chi connectivity index (χ4n) is 1.69. The number of carbonyl (C=O) groups excluding carboxylic acids is 1. The molecule has 0 heterocycles. The molecular formula is C16H27ClN2O2. The summed E-state index contributed by atoms with van der Waals surface area (Å²) >= 11 is 0. The Morgan fingerprint density at radius 1 is 1.29 bits per heavy atom. The Morgan fingerprint density at radius 2 is 1.86 bits per heavy atom. The molecule has 0 saturated carbocycles. The Balaban J connectivity index is 0.00000400. The third kappa shape index (κ3) is 7.93. The fourth-order valence-corrected chi connectivity index (χ4v) is 1.69. The Hall–Kier alpha value is -1.26. The summed E-state index contributed by atoms with van der Waals surface area (Å²) in [5.41, 5.74) is 6.97. The van der Waals surface area contributed by atoms with Crippen LogP contribution in [0.5, 0.6) is 5.75 Å². The summed E-state index contributed by atoms with van der Waals surface area (Å²) in [6, 6.07) is 7.96. The first-order valence-corrected chi connectivity index (χ1v) is 7.04. The molecule has 0 radical (unpaired) electrons. The fraction of sp³-hybridized carbons (Fsp3) is 0.562. The van der Waals surface area contributed by atoms with E-state index in [9.17, 15) is 4.79 Å². The third-order valence-electron chi connectivity index (χ3n) is 3.01. The van der Waals surface area contributed by atoms with E-state index in [1.54, 1.807) is 0 Å². The van der Waals surface area contributed by atoms with Gasteiger partial charge in [0.15, 0.2) is 6.61 Å². The summed E-state index contributed by atoms with van der Waals surface area (Å²) in [6.45, 7) is 9.02. The lowest BCUT2D eigenvalue weighted by atomic mass is 9.87. The second kappa shape index (κ2) is 8.90. The quantitative estimate of drug-likeness (QED) is 0.848. The van der Waals surface area contributed by atoms with Gasteiger partial charge in [0.05, 0.1) is 0 Å². The Kier molecular flexibility index (Phi) is 8.37. The largest absolute Gasteiger partial charge is 0.484 e. The molecule has 0 fully saturated rings. The predicted octanol–water partition coefficient (Wildman–Crippen LogP) is 2.64. The number of nitrogens with two attached hydrogens (primary N) is 1. The molecule has 0 aromatic heterocycles. The van der Waals surface area contributed by atoms with Crippen LogP contribution in [0, 0.1) is 0 Å². The Labute approximate surface area is 133 Å². The molecular weight excluding hydrogens is 288 g/mol. The topological polar surface area (TPSA) is 64.3 Å². The van der Waals surface area contributed by atoms with Gasteiger partial charge >= 0.3 is 0 Å². The summed E-state index contributed by atoms with van der Waals surface area (Å²) in [4.78, 5) is 11.5. The van der Waals surface area contributed by atoms with Crippen molar-refractivity contribution in [3.8, 4) is 5.75 Å². The standard InChI is InChI=1S/C16H26N2O2.ClH/c1-12(17)9-10-18-15(19)11-20-14-7-5-13(6-8-14)16(2,3)4;/h5-8,12H,9-11,17H2,1-4H3,(H,18,19);1H. The first kappa shape index (κ1) is 19.7. The van der Waals surface area contributed by atoms with E-state index in [-0.39, 0.29) is 36.4 Å². The van der Waals surface area contributed by atoms with Crippen LogP contribution in [0.1, 0.15) is 39.7 Å². The van der Waals surface area contributed by atoms with Gasteiger partial charge in [-0.2, -0.15) is 0 Å². The van der Waals surface area contributed by atoms with Crippen molar-refractivity contribution in [2.24, 2.45) is 5.73 Å². The number of nitrogens with one attached hydrogen (secondary N) is 1. The molecule has 1 aromatic carbocycles. The average Bonchev–Trinajstić information content (AvgIpc) is 2.35. The zero-order valence-corrected chi connectivity index (χ0v) is 14.1. The van der Waals surface area contributed by atoms with Crippen molar-refractivity contribution in [3.63, 3.8) is 0 Å². The molecule has 1 amide bonds. The number of rotatable bonds is 6. The van der Waals surface area contributed by atoms with E-state index in [1.807, 2.05) is 31.2 Å². The molecule has 1 aromatic rings. The molecule has 4 nitrogen and oxygen atoms in total. The number of benzene rings is 1. The van der Waals surface area contributed by atoms with Crippen LogP contribution >= 0.6 is 12.4 Å². The maximum absolute atomic E-state index is 11.5. The van der Waals surface area contributed by atoms with Crippen LogP contribution < -0.4 is 15.8 Å². The van der Waals surface area contributed by atoms with Gasteiger partial charge in [-0.05, 0) is 36.5 Å². The van der Waals surface area contributed by atoms with Gasteiger partial charge in [-0.15, -0.1) is 12.4 Å². The van der Waals surface area contributed by atoms with Crippen LogP contribution in [0.3, 0.4) is 0 Å². The second-order valence-electron chi connectivity index (χ2n) is 6.18. The molecule has 3 N–H and O–H groups in total. The van der Waals surface area contributed by atoms with Gasteiger partial charge in [-0.3, -0.25) is 4.79 Å². The maximum atomic E-state index is 11.5. The van der Waals surface area contributed by atoms with Crippen molar-refractivity contribution in [2.75, 3.05) is 13.2 Å². The van der Waals surface area contributed by atoms with Crippen LogP contribution in [-0.2, 0) is 10.2 Å². The summed E-state index contributed by atoms with van der Waals surface area (Å²) in [5.74, 6) is 0.589. The molecule has 5 heteroatoms. The van der Waals surface area contributed by atoms with E-state index >= 15 is 0 Å². The highest BCUT2D eigenvalue weighted by atomic mass is 35.5. The first-order chi connectivity index (χ1) is 9.29. The van der Waals surface area contributed by atoms with E-state index in [0.717, 1.165) is 6.42 Å². The predicted molar refractivity (Wildman–Crippen MR) is 89.2 cm³/mol. The number of amides is 1. The smallest absolute Gasteiger partial charge is 0.257 e. The highest BCUT2D eigenvalue weighted by Crippen LogP contribution is 2.24. The normalized spacial score (nSPS) is 12.2. The summed E-state index contributed by atoms with van der Waals surface area (Å²) < 4.78 is 5.45. The number of hydrogen-bond acceptors (Lipinski definition) is 3. The third-order valence-corrected chi connectivity index (χ3v) is 3.01. The van der Waals surface area contributed by atoms with Crippen LogP contribution in [0.15, 0.2) is 24.3 Å². The van der Waals surface area contributed by atoms with Crippen LogP contribution in [0.2, 0.25) is 0 Å². The molecule has 0 spiro atoms. The molecule has 1 atom stereocenters. The van der Waals surface area contributed by atoms with Crippen molar-refractivity contribution in [3.05, 3.63) is 29.8 Å². The number of ether oxygens (including phenoxy) is 1. The molecule has 0 saturated heterocycles. The van der Waals surface area contributed by atoms with Crippen LogP contribution in [0.4, 0.5) is 0 Å². The molecule has 0 aliphatic carbocycles. The van der Waals surface area contributed by atoms with Gasteiger partial charge in [0.1, 0.15) is 5.75 Å². The Morgan fingerprint density at radius 3 is 2.33 bits per heavy atom. The van der Waals surface area contributed by atoms with Gasteiger partial charge < -0.3 is 15.8 Å². The van der Waals surface area contributed by atoms with Gasteiger partial charge in [0.25, 0.3) is 5.91 Å². The highest BCUT2D eigenvalue weighted by molar-refractivity contribution is 5.85. The highest BCUT2D eigenvalue weighted by Gasteiger charge is 2.13. The molecule has 1 rings (SSSR count). The van der Waals surface area contributed by atoms with Crippen molar-refractivity contribution >= 4 is 18.3 Å². The molecule has 0 bridgehead atoms. The molecule has 21 heavy (non-hydrogen) atoms. The lowest BCUT2D eigenvalue weighted by Crippen LogP contribution is -2.32. The van der Waals surface area contributed by atoms with Gasteiger partial charge in [-0.1, -0.05) is 32.9 Å². The van der Waals surface area contributed by atoms with Gasteiger partial charge in [0.2, 0.25) is 0 Å². The van der Waals surface area contributed by atoms with E-state index in [2.05, 4.69) is 26.1 Å². The maximum Gasteiger partial charge on any atom is 0.257 e. The molecule has 0 aliphatic rings. The molecule has 120 valence electrons. The van der Waals surface area contributed by atoms with E-state index in [4.69, 9.17) is 10.5 Å². The van der Waals surface area contributed by atoms with Crippen LogP contribution in [0.25, 0.3) is 0 Å². The van der Waals surface area contributed by atoms with Gasteiger partial charge in [0, 0.05) is 12.6 Å². The lowest BCUT2D eigenvalue weighted by Gasteiger charge is -2.19. The van der Waals surface area contributed by atoms with E-state index < -0.39 is 0 Å². The Bertz CT molecular complexity index is 425. The minimum atomic E-state index is -0.120. The monoisotopic (exact) mass is 314 g/mol. The zero-order chi connectivity index (χ0) is 15.2. The van der Waals surface area contributed by atoms with Crippen molar-refractivity contribution in [2.45, 2.75) is 45.6 Å². The number of carbonyl (C=O) groups is 1. The summed E-state index contributed by atoms with van der Waals surface area (Å²) in [7, 11) is 0. The van der Waals surface area contributed by atoms with Crippen molar-refractivity contribution in [1.29, 1.82) is 0 Å². The van der Waals surface area contributed by atoms with Gasteiger partial charge in [-0.25, -0.2) is 0 Å². The number of halogens is 1. The number of hydrogen-bond donors (Lipinski definition) is 2. The van der Waals surface area contributed by atoms with E-state index in [1.165, 1.54) is 5.56 Å². The lowest BCUT2D eigenvalue weighted by molar-refractivity contribution is -0.123. The summed E-state index contributed by atoms with van der Waals surface area (Å²) in [5, 5.41) is 2.78. The van der Waals surface area contributed by atoms with Crippen molar-refractivity contribution < 1.29 is 9.53 Å². The molecule has 0 aliphatic heterocycles. The van der Waals surface area contributed by atoms with Crippen LogP contribution in [-0.4, -0.2) is 25.1 Å². The first-order valence-electron chi connectivity index (χ1n) is 7.04. The minimum absolute atomic E-state index is 0. The summed E-state index contributed by atoms with van der Waals surface area (Å²) in [6.07, 6.45) is 0.770. The molecule has 1 unspecified atom stereocenters. The minimum Gasteiger partial charge on any atom is -0.484 e. The zero-order valence-electron chi connectivity index (χ0n) is 13.3. The van der Waals surface area contributed by atoms with Crippen molar-refractivity contribution in [1.82, 2.24) is 5.32 Å².